The molecule has 0 aliphatic rings. The van der Waals surface area contributed by atoms with Gasteiger partial charge in [-0.2, -0.15) is 0 Å². The predicted molar refractivity (Wildman–Crippen MR) is 69.6 cm³/mol. The lowest BCUT2D eigenvalue weighted by Crippen LogP contribution is -2.24. The third-order valence-corrected chi connectivity index (χ3v) is 3.17. The molecule has 100 valence electrons. The molecular formula is C11H17N3O3S. The normalized spacial score (nSPS) is 11.0. The van der Waals surface area contributed by atoms with Gasteiger partial charge in [-0.1, -0.05) is 0 Å². The summed E-state index contributed by atoms with van der Waals surface area (Å²) in [6.45, 7) is 2.96. The Labute approximate surface area is 107 Å². The van der Waals surface area contributed by atoms with Crippen molar-refractivity contribution >= 4 is 21.6 Å². The van der Waals surface area contributed by atoms with Gasteiger partial charge in [0.05, 0.1) is 4.90 Å². The molecule has 1 aromatic carbocycles. The van der Waals surface area contributed by atoms with Gasteiger partial charge in [-0.3, -0.25) is 4.79 Å². The maximum Gasteiger partial charge on any atom is 0.238 e. The molecule has 0 aliphatic heterocycles. The first-order chi connectivity index (χ1) is 8.43. The average molecular weight is 271 g/mol. The van der Waals surface area contributed by atoms with Crippen LogP contribution in [0.15, 0.2) is 29.2 Å². The van der Waals surface area contributed by atoms with Gasteiger partial charge in [0.15, 0.2) is 0 Å². The number of carbonyl (C=O) groups excluding carboxylic acids is 1. The summed E-state index contributed by atoms with van der Waals surface area (Å²) in [7, 11) is -3.65. The van der Waals surface area contributed by atoms with Gasteiger partial charge in [-0.15, -0.1) is 0 Å². The zero-order valence-electron chi connectivity index (χ0n) is 10.1. The zero-order chi connectivity index (χ0) is 13.6. The van der Waals surface area contributed by atoms with Crippen LogP contribution in [0, 0.1) is 0 Å². The standard InChI is InChI=1S/C11H17N3O3S/c1-2-13-11(15)7-8-14-9-3-5-10(6-4-9)18(12,16)17/h3-6,14H,2,7-8H2,1H3,(H,13,15)(H2,12,16,17). The molecule has 6 nitrogen and oxygen atoms in total. The number of sulfonamides is 1. The van der Waals surface area contributed by atoms with Crippen LogP contribution < -0.4 is 15.8 Å². The molecule has 1 amide bonds. The largest absolute Gasteiger partial charge is 0.385 e. The van der Waals surface area contributed by atoms with E-state index in [2.05, 4.69) is 10.6 Å². The van der Waals surface area contributed by atoms with E-state index in [1.54, 1.807) is 12.1 Å². The molecule has 0 radical (unpaired) electrons. The Morgan fingerprint density at radius 1 is 1.28 bits per heavy atom. The Balaban J connectivity index is 2.47. The fourth-order valence-electron chi connectivity index (χ4n) is 1.37. The van der Waals surface area contributed by atoms with Crippen molar-refractivity contribution in [2.75, 3.05) is 18.4 Å². The Kier molecular flexibility index (Phi) is 5.11. The van der Waals surface area contributed by atoms with E-state index >= 15 is 0 Å². The van der Waals surface area contributed by atoms with Crippen molar-refractivity contribution in [2.45, 2.75) is 18.2 Å². The van der Waals surface area contributed by atoms with Crippen molar-refractivity contribution in [1.29, 1.82) is 0 Å². The van der Waals surface area contributed by atoms with E-state index in [-0.39, 0.29) is 10.8 Å². The van der Waals surface area contributed by atoms with Gasteiger partial charge < -0.3 is 10.6 Å². The molecule has 0 bridgehead atoms. The van der Waals surface area contributed by atoms with E-state index in [4.69, 9.17) is 5.14 Å². The van der Waals surface area contributed by atoms with Crippen molar-refractivity contribution in [2.24, 2.45) is 5.14 Å². The Morgan fingerprint density at radius 2 is 1.89 bits per heavy atom. The molecule has 0 aromatic heterocycles. The number of nitrogens with one attached hydrogen (secondary N) is 2. The van der Waals surface area contributed by atoms with E-state index in [1.807, 2.05) is 6.92 Å². The lowest BCUT2D eigenvalue weighted by Gasteiger charge is -2.07. The maximum absolute atomic E-state index is 11.2. The second-order valence-electron chi connectivity index (χ2n) is 3.70. The van der Waals surface area contributed by atoms with Crippen LogP contribution in [-0.4, -0.2) is 27.4 Å². The summed E-state index contributed by atoms with van der Waals surface area (Å²) in [4.78, 5) is 11.2. The van der Waals surface area contributed by atoms with Crippen LogP contribution in [0.1, 0.15) is 13.3 Å². The smallest absolute Gasteiger partial charge is 0.238 e. The van der Waals surface area contributed by atoms with Crippen molar-refractivity contribution in [3.63, 3.8) is 0 Å². The minimum Gasteiger partial charge on any atom is -0.385 e. The third-order valence-electron chi connectivity index (χ3n) is 2.24. The van der Waals surface area contributed by atoms with Gasteiger partial charge in [0.2, 0.25) is 15.9 Å². The molecule has 1 aromatic rings. The molecule has 18 heavy (non-hydrogen) atoms. The predicted octanol–water partition coefficient (Wildman–Crippen LogP) is 0.272. The Morgan fingerprint density at radius 3 is 2.39 bits per heavy atom. The summed E-state index contributed by atoms with van der Waals surface area (Å²) in [5.74, 6) is -0.0221. The van der Waals surface area contributed by atoms with E-state index in [9.17, 15) is 13.2 Å². The minimum atomic E-state index is -3.65. The number of carbonyl (C=O) groups is 1. The van der Waals surface area contributed by atoms with Gasteiger partial charge >= 0.3 is 0 Å². The molecule has 0 fully saturated rings. The first-order valence-corrected chi connectivity index (χ1v) is 7.11. The third kappa shape index (κ3) is 4.72. The van der Waals surface area contributed by atoms with Crippen LogP contribution in [0.4, 0.5) is 5.69 Å². The number of nitrogens with two attached hydrogens (primary N) is 1. The molecule has 0 unspecified atom stereocenters. The number of primary sulfonamides is 1. The van der Waals surface area contributed by atoms with Crippen LogP contribution in [0.2, 0.25) is 0 Å². The summed E-state index contributed by atoms with van der Waals surface area (Å²) in [5.41, 5.74) is 0.742. The molecule has 0 atom stereocenters. The lowest BCUT2D eigenvalue weighted by molar-refractivity contribution is -0.120. The highest BCUT2D eigenvalue weighted by atomic mass is 32.2. The quantitative estimate of drug-likeness (QED) is 0.691. The van der Waals surface area contributed by atoms with Crippen LogP contribution in [0.25, 0.3) is 0 Å². The van der Waals surface area contributed by atoms with Crippen molar-refractivity contribution < 1.29 is 13.2 Å². The summed E-state index contributed by atoms with van der Waals surface area (Å²) < 4.78 is 22.0. The van der Waals surface area contributed by atoms with Crippen molar-refractivity contribution in [3.8, 4) is 0 Å². The number of hydrogen-bond donors (Lipinski definition) is 3. The molecule has 0 aliphatic carbocycles. The topological polar surface area (TPSA) is 101 Å². The number of rotatable bonds is 6. The first-order valence-electron chi connectivity index (χ1n) is 5.57. The molecular weight excluding hydrogens is 254 g/mol. The molecule has 0 spiro atoms. The highest BCUT2D eigenvalue weighted by Crippen LogP contribution is 2.12. The summed E-state index contributed by atoms with van der Waals surface area (Å²) >= 11 is 0. The number of amides is 1. The summed E-state index contributed by atoms with van der Waals surface area (Å²) in [5, 5.41) is 10.7. The average Bonchev–Trinajstić information content (AvgIpc) is 2.29. The highest BCUT2D eigenvalue weighted by molar-refractivity contribution is 7.89. The summed E-state index contributed by atoms with van der Waals surface area (Å²) in [6, 6.07) is 6.06. The molecule has 7 heteroatoms. The molecule has 4 N–H and O–H groups in total. The van der Waals surface area contributed by atoms with Crippen LogP contribution in [0.3, 0.4) is 0 Å². The Hall–Kier alpha value is -1.60. The minimum absolute atomic E-state index is 0.0221. The van der Waals surface area contributed by atoms with E-state index in [1.165, 1.54) is 12.1 Å². The van der Waals surface area contributed by atoms with E-state index in [0.29, 0.717) is 19.5 Å². The Bertz CT molecular complexity index is 497. The van der Waals surface area contributed by atoms with Crippen molar-refractivity contribution in [1.82, 2.24) is 5.32 Å². The number of benzene rings is 1. The summed E-state index contributed by atoms with van der Waals surface area (Å²) in [6.07, 6.45) is 0.366. The molecule has 0 heterocycles. The number of hydrogen-bond acceptors (Lipinski definition) is 4. The maximum atomic E-state index is 11.2. The van der Waals surface area contributed by atoms with Gasteiger partial charge in [-0.25, -0.2) is 13.6 Å². The van der Waals surface area contributed by atoms with Gasteiger partial charge in [0.25, 0.3) is 0 Å². The molecule has 0 saturated heterocycles. The zero-order valence-corrected chi connectivity index (χ0v) is 11.0. The van der Waals surface area contributed by atoms with Gasteiger partial charge in [-0.05, 0) is 31.2 Å². The second kappa shape index (κ2) is 6.36. The monoisotopic (exact) mass is 271 g/mol. The van der Waals surface area contributed by atoms with Crippen LogP contribution in [0.5, 0.6) is 0 Å². The molecule has 1 rings (SSSR count). The van der Waals surface area contributed by atoms with Crippen LogP contribution in [-0.2, 0) is 14.8 Å². The lowest BCUT2D eigenvalue weighted by atomic mass is 10.3. The van der Waals surface area contributed by atoms with Crippen LogP contribution >= 0.6 is 0 Å². The fraction of sp³-hybridized carbons (Fsp3) is 0.364. The van der Waals surface area contributed by atoms with Gasteiger partial charge in [0, 0.05) is 25.2 Å². The van der Waals surface area contributed by atoms with Crippen molar-refractivity contribution in [3.05, 3.63) is 24.3 Å². The molecule has 0 saturated carbocycles. The highest BCUT2D eigenvalue weighted by Gasteiger charge is 2.06. The first kappa shape index (κ1) is 14.5. The van der Waals surface area contributed by atoms with E-state index in [0.717, 1.165) is 5.69 Å². The van der Waals surface area contributed by atoms with E-state index < -0.39 is 10.0 Å². The SMILES string of the molecule is CCNC(=O)CCNc1ccc(S(N)(=O)=O)cc1. The van der Waals surface area contributed by atoms with Gasteiger partial charge in [0.1, 0.15) is 0 Å². The fourth-order valence-corrected chi connectivity index (χ4v) is 1.88. The second-order valence-corrected chi connectivity index (χ2v) is 5.26. The number of anilines is 1.